The molecule has 1 aromatic carbocycles. The summed E-state index contributed by atoms with van der Waals surface area (Å²) >= 11 is 0. The van der Waals surface area contributed by atoms with Gasteiger partial charge in [0, 0.05) is 19.3 Å². The van der Waals surface area contributed by atoms with E-state index in [4.69, 9.17) is 0 Å². The van der Waals surface area contributed by atoms with E-state index in [1.807, 2.05) is 6.92 Å². The lowest BCUT2D eigenvalue weighted by Crippen LogP contribution is -2.01. The van der Waals surface area contributed by atoms with Gasteiger partial charge in [-0.3, -0.25) is 0 Å². The van der Waals surface area contributed by atoms with Crippen molar-refractivity contribution in [2.75, 3.05) is 5.32 Å². The quantitative estimate of drug-likeness (QED) is 0.870. The maximum absolute atomic E-state index is 13.6. The highest BCUT2D eigenvalue weighted by atomic mass is 19.1. The zero-order chi connectivity index (χ0) is 12.6. The molecule has 0 atom stereocenters. The van der Waals surface area contributed by atoms with Gasteiger partial charge in [0.15, 0.2) is 0 Å². The Morgan fingerprint density at radius 1 is 1.18 bits per heavy atom. The van der Waals surface area contributed by atoms with Crippen LogP contribution in [0.1, 0.15) is 11.3 Å². The first-order valence-electron chi connectivity index (χ1n) is 5.20. The van der Waals surface area contributed by atoms with Gasteiger partial charge in [0.05, 0.1) is 11.4 Å². The van der Waals surface area contributed by atoms with Crippen LogP contribution in [-0.4, -0.2) is 9.55 Å². The third kappa shape index (κ3) is 2.27. The summed E-state index contributed by atoms with van der Waals surface area (Å²) in [5.74, 6) is -0.464. The molecule has 17 heavy (non-hydrogen) atoms. The van der Waals surface area contributed by atoms with Crippen LogP contribution in [0, 0.1) is 25.5 Å². The number of hydrogen-bond acceptors (Lipinski definition) is 2. The monoisotopic (exact) mass is 237 g/mol. The van der Waals surface area contributed by atoms with Crippen molar-refractivity contribution in [3.63, 3.8) is 0 Å². The molecular weight excluding hydrogens is 224 g/mol. The summed E-state index contributed by atoms with van der Waals surface area (Å²) in [7, 11) is 1.78. The molecule has 0 bridgehead atoms. The second-order valence-corrected chi connectivity index (χ2v) is 4.02. The van der Waals surface area contributed by atoms with Gasteiger partial charge in [-0.25, -0.2) is 13.8 Å². The van der Waals surface area contributed by atoms with Crippen LogP contribution in [0.4, 0.5) is 20.4 Å². The zero-order valence-electron chi connectivity index (χ0n) is 9.88. The molecule has 0 unspecified atom stereocenters. The Balaban J connectivity index is 2.36. The second kappa shape index (κ2) is 4.16. The summed E-state index contributed by atoms with van der Waals surface area (Å²) in [5.41, 5.74) is 1.17. The zero-order valence-corrected chi connectivity index (χ0v) is 9.88. The topological polar surface area (TPSA) is 29.9 Å². The first-order chi connectivity index (χ1) is 7.97. The van der Waals surface area contributed by atoms with Crippen LogP contribution in [0.25, 0.3) is 0 Å². The number of imidazole rings is 1. The summed E-state index contributed by atoms with van der Waals surface area (Å²) in [5, 5.41) is 2.77. The van der Waals surface area contributed by atoms with Crippen LogP contribution in [-0.2, 0) is 7.05 Å². The number of anilines is 2. The van der Waals surface area contributed by atoms with Crippen LogP contribution >= 0.6 is 0 Å². The van der Waals surface area contributed by atoms with E-state index in [2.05, 4.69) is 10.3 Å². The van der Waals surface area contributed by atoms with Crippen molar-refractivity contribution < 1.29 is 8.78 Å². The van der Waals surface area contributed by atoms with Gasteiger partial charge in [0.25, 0.3) is 0 Å². The van der Waals surface area contributed by atoms with Gasteiger partial charge in [-0.1, -0.05) is 0 Å². The van der Waals surface area contributed by atoms with Crippen molar-refractivity contribution in [2.45, 2.75) is 13.8 Å². The smallest absolute Gasteiger partial charge is 0.207 e. The highest BCUT2D eigenvalue weighted by Gasteiger charge is 2.10. The molecule has 3 nitrogen and oxygen atoms in total. The number of benzene rings is 1. The second-order valence-electron chi connectivity index (χ2n) is 4.02. The molecule has 0 spiro atoms. The molecule has 0 amide bonds. The lowest BCUT2D eigenvalue weighted by atomic mass is 10.2. The first kappa shape index (κ1) is 11.6. The van der Waals surface area contributed by atoms with E-state index in [0.29, 0.717) is 5.95 Å². The Morgan fingerprint density at radius 2 is 1.88 bits per heavy atom. The van der Waals surface area contributed by atoms with Gasteiger partial charge in [-0.2, -0.15) is 0 Å². The van der Waals surface area contributed by atoms with Crippen LogP contribution in [0.3, 0.4) is 0 Å². The largest absolute Gasteiger partial charge is 0.323 e. The predicted octanol–water partition coefficient (Wildman–Crippen LogP) is 3.06. The van der Waals surface area contributed by atoms with E-state index in [-0.39, 0.29) is 11.3 Å². The number of halogens is 2. The molecule has 0 aliphatic heterocycles. The number of nitrogens with zero attached hydrogens (tertiary/aromatic N) is 2. The molecule has 0 fully saturated rings. The third-order valence-electron chi connectivity index (χ3n) is 2.49. The normalized spacial score (nSPS) is 10.6. The molecule has 0 aliphatic carbocycles. The minimum Gasteiger partial charge on any atom is -0.323 e. The van der Waals surface area contributed by atoms with Gasteiger partial charge in [0.2, 0.25) is 5.95 Å². The molecule has 0 aliphatic rings. The molecule has 90 valence electrons. The molecule has 1 heterocycles. The SMILES string of the molecule is Cc1cn(C)c(Nc2cc(F)c(C)cc2F)n1. The summed E-state index contributed by atoms with van der Waals surface area (Å²) in [6, 6.07) is 2.29. The first-order valence-corrected chi connectivity index (χ1v) is 5.20. The fourth-order valence-electron chi connectivity index (χ4n) is 1.59. The van der Waals surface area contributed by atoms with E-state index < -0.39 is 11.6 Å². The Labute approximate surface area is 98.1 Å². The Morgan fingerprint density at radius 3 is 2.47 bits per heavy atom. The van der Waals surface area contributed by atoms with Gasteiger partial charge < -0.3 is 9.88 Å². The van der Waals surface area contributed by atoms with Crippen molar-refractivity contribution in [1.82, 2.24) is 9.55 Å². The molecule has 1 aromatic heterocycles. The van der Waals surface area contributed by atoms with Crippen LogP contribution in [0.2, 0.25) is 0 Å². The number of nitrogens with one attached hydrogen (secondary N) is 1. The third-order valence-corrected chi connectivity index (χ3v) is 2.49. The molecule has 0 saturated carbocycles. The van der Waals surface area contributed by atoms with Crippen molar-refractivity contribution in [2.24, 2.45) is 7.05 Å². The number of hydrogen-bond donors (Lipinski definition) is 1. The molecule has 1 N–H and O–H groups in total. The average molecular weight is 237 g/mol. The highest BCUT2D eigenvalue weighted by molar-refractivity contribution is 5.55. The van der Waals surface area contributed by atoms with Gasteiger partial charge in [-0.15, -0.1) is 0 Å². The van der Waals surface area contributed by atoms with Crippen molar-refractivity contribution in [3.05, 3.63) is 41.2 Å². The fraction of sp³-hybridized carbons (Fsp3) is 0.250. The van der Waals surface area contributed by atoms with E-state index in [0.717, 1.165) is 17.8 Å². The standard InChI is InChI=1S/C12H13F2N3/c1-7-4-10(14)11(5-9(7)13)16-12-15-8(2)6-17(12)3/h4-6H,1-3H3,(H,15,16). The highest BCUT2D eigenvalue weighted by Crippen LogP contribution is 2.22. The maximum atomic E-state index is 13.6. The van der Waals surface area contributed by atoms with Gasteiger partial charge >= 0.3 is 0 Å². The Bertz CT molecular complexity index is 561. The van der Waals surface area contributed by atoms with E-state index >= 15 is 0 Å². The Kier molecular flexibility index (Phi) is 2.83. The van der Waals surface area contributed by atoms with Crippen molar-refractivity contribution in [1.29, 1.82) is 0 Å². The van der Waals surface area contributed by atoms with Crippen LogP contribution in [0.15, 0.2) is 18.3 Å². The lowest BCUT2D eigenvalue weighted by molar-refractivity contribution is 0.595. The lowest BCUT2D eigenvalue weighted by Gasteiger charge is -2.08. The molecule has 0 saturated heterocycles. The summed E-state index contributed by atoms with van der Waals surface area (Å²) in [4.78, 5) is 4.16. The summed E-state index contributed by atoms with van der Waals surface area (Å²) in [6.45, 7) is 3.35. The minimum absolute atomic E-state index is 0.0850. The molecular formula is C12H13F2N3. The van der Waals surface area contributed by atoms with Crippen LogP contribution in [0.5, 0.6) is 0 Å². The van der Waals surface area contributed by atoms with Gasteiger partial charge in [0.1, 0.15) is 11.6 Å². The Hall–Kier alpha value is -1.91. The van der Waals surface area contributed by atoms with E-state index in [1.165, 1.54) is 6.92 Å². The van der Waals surface area contributed by atoms with Crippen molar-refractivity contribution >= 4 is 11.6 Å². The van der Waals surface area contributed by atoms with Crippen molar-refractivity contribution in [3.8, 4) is 0 Å². The molecule has 2 rings (SSSR count). The number of aromatic nitrogens is 2. The average Bonchev–Trinajstić information content (AvgIpc) is 2.54. The predicted molar refractivity (Wildman–Crippen MR) is 62.3 cm³/mol. The molecule has 0 radical (unpaired) electrons. The fourth-order valence-corrected chi connectivity index (χ4v) is 1.59. The minimum atomic E-state index is -0.496. The maximum Gasteiger partial charge on any atom is 0.207 e. The van der Waals surface area contributed by atoms with E-state index in [9.17, 15) is 8.78 Å². The summed E-state index contributed by atoms with van der Waals surface area (Å²) < 4.78 is 28.6. The molecule has 2 aromatic rings. The van der Waals surface area contributed by atoms with Crippen LogP contribution < -0.4 is 5.32 Å². The van der Waals surface area contributed by atoms with Gasteiger partial charge in [-0.05, 0) is 25.5 Å². The van der Waals surface area contributed by atoms with E-state index in [1.54, 1.807) is 17.8 Å². The number of aryl methyl sites for hydroxylation is 3. The number of rotatable bonds is 2. The molecule has 5 heteroatoms. The summed E-state index contributed by atoms with van der Waals surface area (Å²) in [6.07, 6.45) is 1.80.